The van der Waals surface area contributed by atoms with Crippen molar-refractivity contribution >= 4 is 5.91 Å². The van der Waals surface area contributed by atoms with Crippen LogP contribution in [0.2, 0.25) is 0 Å². The van der Waals surface area contributed by atoms with Gasteiger partial charge in [0.15, 0.2) is 0 Å². The van der Waals surface area contributed by atoms with Crippen LogP contribution in [-0.2, 0) is 13.0 Å². The molecular weight excluding hydrogens is 268 g/mol. The molecule has 2 aliphatic heterocycles. The summed E-state index contributed by atoms with van der Waals surface area (Å²) in [5.41, 5.74) is 0.207. The van der Waals surface area contributed by atoms with E-state index < -0.39 is 37.4 Å². The minimum atomic E-state index is -2.93. The third kappa shape index (κ3) is 2.30. The molecule has 3 rings (SSSR count). The van der Waals surface area contributed by atoms with E-state index in [4.69, 9.17) is 0 Å². The Kier molecular flexibility index (Phi) is 3.24. The highest BCUT2D eigenvalue weighted by atomic mass is 19.3. The second-order valence-electron chi connectivity index (χ2n) is 5.52. The predicted molar refractivity (Wildman–Crippen MR) is 66.6 cm³/mol. The van der Waals surface area contributed by atoms with Crippen molar-refractivity contribution in [2.45, 2.75) is 44.2 Å². The van der Waals surface area contributed by atoms with Gasteiger partial charge in [0.1, 0.15) is 11.5 Å². The maximum atomic E-state index is 13.4. The van der Waals surface area contributed by atoms with Crippen LogP contribution in [0.25, 0.3) is 0 Å². The van der Waals surface area contributed by atoms with Crippen LogP contribution in [0.1, 0.15) is 35.6 Å². The van der Waals surface area contributed by atoms with Crippen LogP contribution in [0.3, 0.4) is 0 Å². The van der Waals surface area contributed by atoms with Crippen LogP contribution >= 0.6 is 0 Å². The maximum Gasteiger partial charge on any atom is 0.274 e. The lowest BCUT2D eigenvalue weighted by Crippen LogP contribution is -2.38. The average Bonchev–Trinajstić information content (AvgIpc) is 2.98. The van der Waals surface area contributed by atoms with Gasteiger partial charge in [-0.25, -0.2) is 13.8 Å². The zero-order valence-electron chi connectivity index (χ0n) is 11.1. The summed E-state index contributed by atoms with van der Waals surface area (Å²) in [6.07, 6.45) is 4.04. The average molecular weight is 285 g/mol. The first kappa shape index (κ1) is 13.5. The van der Waals surface area contributed by atoms with E-state index in [9.17, 15) is 18.7 Å². The number of carbonyl (C=O) groups excluding carboxylic acids is 1. The summed E-state index contributed by atoms with van der Waals surface area (Å²) in [4.78, 5) is 17.6. The molecule has 1 atom stereocenters. The molecule has 0 aliphatic carbocycles. The summed E-state index contributed by atoms with van der Waals surface area (Å²) in [5.74, 6) is -2.60. The van der Waals surface area contributed by atoms with Crippen LogP contribution < -0.4 is 0 Å². The molecule has 20 heavy (non-hydrogen) atoms. The molecular formula is C13H17F2N3O2. The van der Waals surface area contributed by atoms with Crippen LogP contribution in [0.15, 0.2) is 6.20 Å². The van der Waals surface area contributed by atoms with Crippen LogP contribution in [0.4, 0.5) is 8.78 Å². The molecule has 3 heterocycles. The molecule has 7 heteroatoms. The first-order valence-electron chi connectivity index (χ1n) is 6.86. The molecule has 0 saturated carbocycles. The smallest absolute Gasteiger partial charge is 0.274 e. The Hall–Kier alpha value is -1.50. The fourth-order valence-electron chi connectivity index (χ4n) is 2.96. The second kappa shape index (κ2) is 4.80. The van der Waals surface area contributed by atoms with Gasteiger partial charge < -0.3 is 14.6 Å². The number of hydrogen-bond donors (Lipinski definition) is 1. The minimum absolute atomic E-state index is 0.207. The number of nitrogens with zero attached hydrogens (tertiary/aromatic N) is 3. The van der Waals surface area contributed by atoms with Gasteiger partial charge >= 0.3 is 0 Å². The number of carbonyl (C=O) groups is 1. The molecule has 1 unspecified atom stereocenters. The van der Waals surface area contributed by atoms with Crippen molar-refractivity contribution in [2.24, 2.45) is 0 Å². The lowest BCUT2D eigenvalue weighted by atomic mass is 10.2. The minimum Gasteiger partial charge on any atom is -0.394 e. The quantitative estimate of drug-likeness (QED) is 0.884. The van der Waals surface area contributed by atoms with Gasteiger partial charge in [-0.3, -0.25) is 4.79 Å². The summed E-state index contributed by atoms with van der Waals surface area (Å²) >= 11 is 0. The lowest BCUT2D eigenvalue weighted by Gasteiger charge is -2.20. The van der Waals surface area contributed by atoms with Crippen molar-refractivity contribution in [1.82, 2.24) is 14.5 Å². The number of aliphatic hydroxyl groups excluding tert-OH is 1. The van der Waals surface area contributed by atoms with Gasteiger partial charge in [-0.05, 0) is 12.8 Å². The van der Waals surface area contributed by atoms with Crippen molar-refractivity contribution in [3.05, 3.63) is 17.7 Å². The number of aromatic nitrogens is 2. The fourth-order valence-corrected chi connectivity index (χ4v) is 2.96. The SMILES string of the molecule is O=C(c1cn2c(n1)CCCC2)N1CC(F)(F)CC1CO. The number of aliphatic hydroxyl groups is 1. The molecule has 1 aromatic heterocycles. The van der Waals surface area contributed by atoms with Gasteiger partial charge in [0.2, 0.25) is 0 Å². The molecule has 1 aromatic rings. The topological polar surface area (TPSA) is 58.4 Å². The number of hydrogen-bond acceptors (Lipinski definition) is 3. The van der Waals surface area contributed by atoms with E-state index in [2.05, 4.69) is 4.98 Å². The molecule has 2 aliphatic rings. The molecule has 0 radical (unpaired) electrons. The van der Waals surface area contributed by atoms with E-state index in [0.717, 1.165) is 36.5 Å². The highest BCUT2D eigenvalue weighted by molar-refractivity contribution is 5.92. The van der Waals surface area contributed by atoms with E-state index in [0.29, 0.717) is 0 Å². The Morgan fingerprint density at radius 2 is 2.30 bits per heavy atom. The molecule has 1 saturated heterocycles. The number of imidazole rings is 1. The molecule has 0 aromatic carbocycles. The lowest BCUT2D eigenvalue weighted by molar-refractivity contribution is 0.0115. The van der Waals surface area contributed by atoms with Gasteiger partial charge in [-0.2, -0.15) is 0 Å². The number of fused-ring (bicyclic) bond motifs is 1. The zero-order chi connectivity index (χ0) is 14.3. The van der Waals surface area contributed by atoms with Crippen molar-refractivity contribution in [3.63, 3.8) is 0 Å². The Morgan fingerprint density at radius 1 is 1.50 bits per heavy atom. The summed E-state index contributed by atoms with van der Waals surface area (Å²) < 4.78 is 28.7. The van der Waals surface area contributed by atoms with Gasteiger partial charge in [0.25, 0.3) is 11.8 Å². The Balaban J connectivity index is 1.83. The predicted octanol–water partition coefficient (Wildman–Crippen LogP) is 1.06. The summed E-state index contributed by atoms with van der Waals surface area (Å²) in [7, 11) is 0. The van der Waals surface area contributed by atoms with E-state index >= 15 is 0 Å². The van der Waals surface area contributed by atoms with Crippen molar-refractivity contribution in [1.29, 1.82) is 0 Å². The number of alkyl halides is 2. The third-order valence-corrected chi connectivity index (χ3v) is 3.98. The third-order valence-electron chi connectivity index (χ3n) is 3.98. The van der Waals surface area contributed by atoms with Gasteiger partial charge in [-0.15, -0.1) is 0 Å². The maximum absolute atomic E-state index is 13.4. The number of rotatable bonds is 2. The molecule has 1 N–H and O–H groups in total. The highest BCUT2D eigenvalue weighted by Gasteiger charge is 2.47. The van der Waals surface area contributed by atoms with Crippen LogP contribution in [0.5, 0.6) is 0 Å². The monoisotopic (exact) mass is 285 g/mol. The first-order valence-corrected chi connectivity index (χ1v) is 6.86. The fraction of sp³-hybridized carbons (Fsp3) is 0.692. The normalized spacial score (nSPS) is 24.8. The van der Waals surface area contributed by atoms with Crippen LogP contribution in [0, 0.1) is 0 Å². The molecule has 0 spiro atoms. The van der Waals surface area contributed by atoms with E-state index in [1.807, 2.05) is 4.57 Å². The number of likely N-dealkylation sites (tertiary alicyclic amines) is 1. The molecule has 110 valence electrons. The van der Waals surface area contributed by atoms with E-state index in [1.165, 1.54) is 0 Å². The number of amides is 1. The molecule has 5 nitrogen and oxygen atoms in total. The summed E-state index contributed by atoms with van der Waals surface area (Å²) in [6, 6.07) is -0.823. The van der Waals surface area contributed by atoms with Crippen LogP contribution in [-0.4, -0.2) is 50.6 Å². The molecule has 1 amide bonds. The van der Waals surface area contributed by atoms with Gasteiger partial charge in [0.05, 0.1) is 19.2 Å². The summed E-state index contributed by atoms with van der Waals surface area (Å²) in [6.45, 7) is -0.274. The van der Waals surface area contributed by atoms with Crippen molar-refractivity contribution in [3.8, 4) is 0 Å². The zero-order valence-corrected chi connectivity index (χ0v) is 11.1. The Bertz CT molecular complexity index is 506. The number of halogens is 2. The number of aryl methyl sites for hydroxylation is 2. The van der Waals surface area contributed by atoms with E-state index in [1.54, 1.807) is 6.20 Å². The van der Waals surface area contributed by atoms with Crippen molar-refractivity contribution in [2.75, 3.05) is 13.2 Å². The van der Waals surface area contributed by atoms with Crippen molar-refractivity contribution < 1.29 is 18.7 Å². The second-order valence-corrected chi connectivity index (χ2v) is 5.52. The summed E-state index contributed by atoms with van der Waals surface area (Å²) in [5, 5.41) is 9.17. The van der Waals surface area contributed by atoms with E-state index in [-0.39, 0.29) is 5.69 Å². The Morgan fingerprint density at radius 3 is 3.00 bits per heavy atom. The molecule has 0 bridgehead atoms. The van der Waals surface area contributed by atoms with Gasteiger partial charge in [-0.1, -0.05) is 0 Å². The van der Waals surface area contributed by atoms with Gasteiger partial charge in [0, 0.05) is 25.6 Å². The standard InChI is InChI=1S/C13H17F2N3O2/c14-13(15)5-9(7-19)18(8-13)12(20)10-6-17-4-2-1-3-11(17)16-10/h6,9,19H,1-5,7-8H2. The Labute approximate surface area is 115 Å². The molecule has 1 fully saturated rings. The largest absolute Gasteiger partial charge is 0.394 e. The first-order chi connectivity index (χ1) is 9.50. The highest BCUT2D eigenvalue weighted by Crippen LogP contribution is 2.32.